The average molecular weight is 1010 g/mol. The molecule has 0 aliphatic carbocycles. The third-order valence-corrected chi connectivity index (χ3v) is 12.8. The van der Waals surface area contributed by atoms with E-state index in [1.165, 1.54) is 109 Å². The van der Waals surface area contributed by atoms with Gasteiger partial charge in [-0.15, -0.1) is 0 Å². The first-order valence-electron chi connectivity index (χ1n) is 27.7. The molecule has 0 saturated carbocycles. The van der Waals surface area contributed by atoms with Gasteiger partial charge in [-0.2, -0.15) is 8.42 Å². The molecule has 13 heteroatoms. The number of allylic oxidation sites excluding steroid dienone is 12. The van der Waals surface area contributed by atoms with E-state index < -0.39 is 59.8 Å². The first kappa shape index (κ1) is 65.6. The van der Waals surface area contributed by atoms with Crippen molar-refractivity contribution < 1.29 is 56.2 Å². The van der Waals surface area contributed by atoms with E-state index in [0.717, 1.165) is 83.5 Å². The maximum absolute atomic E-state index is 12.9. The second-order valence-electron chi connectivity index (χ2n) is 18.8. The van der Waals surface area contributed by atoms with Crippen LogP contribution in [0.3, 0.4) is 0 Å². The Bertz CT molecular complexity index is 1490. The number of hydrogen-bond acceptors (Lipinski definition) is 11. The third kappa shape index (κ3) is 40.1. The van der Waals surface area contributed by atoms with Crippen molar-refractivity contribution in [3.05, 3.63) is 72.9 Å². The predicted octanol–water partition coefficient (Wildman–Crippen LogP) is 13.4. The van der Waals surface area contributed by atoms with Gasteiger partial charge in [-0.05, 0) is 83.5 Å². The van der Waals surface area contributed by atoms with Gasteiger partial charge in [-0.3, -0.25) is 9.35 Å². The molecule has 406 valence electrons. The highest BCUT2D eigenvalue weighted by Gasteiger charge is 2.48. The summed E-state index contributed by atoms with van der Waals surface area (Å²) in [6.07, 6.45) is 53.6. The van der Waals surface area contributed by atoms with Crippen LogP contribution < -0.4 is 0 Å². The number of rotatable bonds is 48. The van der Waals surface area contributed by atoms with Crippen LogP contribution in [0.4, 0.5) is 0 Å². The van der Waals surface area contributed by atoms with Crippen LogP contribution in [0.25, 0.3) is 0 Å². The molecule has 0 bridgehead atoms. The zero-order valence-corrected chi connectivity index (χ0v) is 44.6. The molecule has 1 aliphatic heterocycles. The molecule has 0 aromatic carbocycles. The van der Waals surface area contributed by atoms with Crippen molar-refractivity contribution in [1.29, 1.82) is 0 Å². The largest absolute Gasteiger partial charge is 0.457 e. The standard InChI is InChI=1S/C57H100O12S/c1-3-5-7-9-11-13-15-17-19-21-23-25-27-29-31-33-35-37-39-41-43-45-47-65-49-51(50-66-57-55(61)56(69-70(62,63)64)54(60)52(48-58)68-57)67-53(59)46-44-42-40-38-36-34-32-30-28-26-24-22-20-18-16-14-12-10-8-6-4-2/h5,7,11,13,16-19,22-25,51-52,54-58,60-61H,3-4,6,8-10,12,14-15,20-21,26-50H2,1-2H3,(H,62,63,64)/b7-5-,13-11-,18-16-,19-17-,24-22-,25-23-. The molecule has 1 rings (SSSR count). The number of aliphatic hydroxyl groups excluding tert-OH is 3. The van der Waals surface area contributed by atoms with E-state index in [-0.39, 0.29) is 19.6 Å². The van der Waals surface area contributed by atoms with Crippen LogP contribution in [0.2, 0.25) is 0 Å². The molecule has 0 spiro atoms. The Labute approximate surface area is 426 Å². The van der Waals surface area contributed by atoms with Gasteiger partial charge in [0.1, 0.15) is 30.5 Å². The van der Waals surface area contributed by atoms with Gasteiger partial charge >= 0.3 is 16.4 Å². The number of ether oxygens (including phenoxy) is 4. The number of carbonyl (C=O) groups is 1. The Kier molecular flexibility index (Phi) is 44.5. The Morgan fingerprint density at radius 1 is 0.557 bits per heavy atom. The maximum Gasteiger partial charge on any atom is 0.397 e. The molecule has 4 N–H and O–H groups in total. The van der Waals surface area contributed by atoms with Crippen LogP contribution in [-0.4, -0.2) is 97.5 Å². The van der Waals surface area contributed by atoms with Gasteiger partial charge in [-0.1, -0.05) is 202 Å². The normalized spacial score (nSPS) is 19.7. The van der Waals surface area contributed by atoms with Gasteiger partial charge in [0.05, 0.1) is 19.8 Å². The van der Waals surface area contributed by atoms with E-state index in [2.05, 4.69) is 90.9 Å². The molecule has 70 heavy (non-hydrogen) atoms. The Hall–Kier alpha value is -2.46. The number of esters is 1. The Morgan fingerprint density at radius 2 is 0.986 bits per heavy atom. The number of hydrogen-bond donors (Lipinski definition) is 4. The first-order valence-corrected chi connectivity index (χ1v) is 29.1. The molecule has 6 unspecified atom stereocenters. The number of aliphatic hydroxyl groups is 3. The molecule has 0 aromatic heterocycles. The minimum absolute atomic E-state index is 0.0272. The van der Waals surface area contributed by atoms with Gasteiger partial charge in [0.2, 0.25) is 0 Å². The lowest BCUT2D eigenvalue weighted by atomic mass is 9.99. The highest BCUT2D eigenvalue weighted by atomic mass is 32.3. The summed E-state index contributed by atoms with van der Waals surface area (Å²) in [5, 5.41) is 30.8. The summed E-state index contributed by atoms with van der Waals surface area (Å²) >= 11 is 0. The van der Waals surface area contributed by atoms with Crippen molar-refractivity contribution >= 4 is 16.4 Å². The lowest BCUT2D eigenvalue weighted by Crippen LogP contribution is -2.60. The maximum atomic E-state index is 12.9. The molecule has 0 aromatic rings. The van der Waals surface area contributed by atoms with Gasteiger partial charge in [0.25, 0.3) is 0 Å². The summed E-state index contributed by atoms with van der Waals surface area (Å²) in [7, 11) is -5.07. The van der Waals surface area contributed by atoms with Crippen molar-refractivity contribution in [1.82, 2.24) is 0 Å². The minimum Gasteiger partial charge on any atom is -0.457 e. The molecular formula is C57H100O12S. The van der Waals surface area contributed by atoms with Crippen molar-refractivity contribution in [2.45, 2.75) is 256 Å². The zero-order chi connectivity index (χ0) is 51.0. The molecule has 0 radical (unpaired) electrons. The van der Waals surface area contributed by atoms with Crippen LogP contribution in [0, 0.1) is 0 Å². The first-order chi connectivity index (χ1) is 34.1. The molecule has 1 heterocycles. The van der Waals surface area contributed by atoms with Crippen LogP contribution >= 0.6 is 0 Å². The molecule has 0 amide bonds. The van der Waals surface area contributed by atoms with E-state index in [0.29, 0.717) is 13.0 Å². The highest BCUT2D eigenvalue weighted by Crippen LogP contribution is 2.26. The SMILES string of the molecule is CC/C=C\C/C=C\C/C=C\C/C=C\CCCCCCCCCCCOCC(COC1OC(CO)C(O)C(OS(=O)(=O)O)C1O)OC(=O)CCCCCCCCCCC/C=C\C/C=C\CCCCCCC. The summed E-state index contributed by atoms with van der Waals surface area (Å²) in [4.78, 5) is 12.9. The molecule has 1 aliphatic rings. The summed E-state index contributed by atoms with van der Waals surface area (Å²) < 4.78 is 59.4. The predicted molar refractivity (Wildman–Crippen MR) is 285 cm³/mol. The molecule has 6 atom stereocenters. The van der Waals surface area contributed by atoms with E-state index in [1.807, 2.05) is 0 Å². The van der Waals surface area contributed by atoms with Gasteiger partial charge < -0.3 is 34.3 Å². The average Bonchev–Trinajstić information content (AvgIpc) is 3.34. The van der Waals surface area contributed by atoms with Gasteiger partial charge in [0.15, 0.2) is 6.29 Å². The zero-order valence-electron chi connectivity index (χ0n) is 43.8. The summed E-state index contributed by atoms with van der Waals surface area (Å²) in [5.41, 5.74) is 0. The van der Waals surface area contributed by atoms with Crippen molar-refractivity contribution in [2.24, 2.45) is 0 Å². The van der Waals surface area contributed by atoms with Crippen LogP contribution in [-0.2, 0) is 38.3 Å². The topological polar surface area (TPSA) is 178 Å². The minimum atomic E-state index is -5.07. The van der Waals surface area contributed by atoms with Crippen LogP contribution in [0.5, 0.6) is 0 Å². The molecule has 1 saturated heterocycles. The molecule has 12 nitrogen and oxygen atoms in total. The Balaban J connectivity index is 2.33. The lowest BCUT2D eigenvalue weighted by molar-refractivity contribution is -0.301. The highest BCUT2D eigenvalue weighted by molar-refractivity contribution is 7.80. The number of unbranched alkanes of at least 4 members (excludes halogenated alkanes) is 23. The fourth-order valence-corrected chi connectivity index (χ4v) is 8.67. The van der Waals surface area contributed by atoms with Crippen molar-refractivity contribution in [3.63, 3.8) is 0 Å². The van der Waals surface area contributed by atoms with E-state index in [1.54, 1.807) is 0 Å². The molecule has 1 fully saturated rings. The summed E-state index contributed by atoms with van der Waals surface area (Å²) in [6, 6.07) is 0. The van der Waals surface area contributed by atoms with Gasteiger partial charge in [-0.25, -0.2) is 4.18 Å². The lowest BCUT2D eigenvalue weighted by Gasteiger charge is -2.41. The third-order valence-electron chi connectivity index (χ3n) is 12.3. The fourth-order valence-electron chi connectivity index (χ4n) is 8.17. The quantitative estimate of drug-likeness (QED) is 0.0197. The van der Waals surface area contributed by atoms with E-state index >= 15 is 0 Å². The smallest absolute Gasteiger partial charge is 0.397 e. The van der Waals surface area contributed by atoms with Crippen LogP contribution in [0.1, 0.15) is 219 Å². The fraction of sp³-hybridized carbons (Fsp3) is 0.772. The number of carbonyl (C=O) groups excluding carboxylic acids is 1. The van der Waals surface area contributed by atoms with E-state index in [4.69, 9.17) is 18.9 Å². The summed E-state index contributed by atoms with van der Waals surface area (Å²) in [5.74, 6) is -0.406. The van der Waals surface area contributed by atoms with Crippen molar-refractivity contribution in [3.8, 4) is 0 Å². The summed E-state index contributed by atoms with van der Waals surface area (Å²) in [6.45, 7) is 3.87. The second kappa shape index (κ2) is 47.5. The van der Waals surface area contributed by atoms with E-state index in [9.17, 15) is 33.1 Å². The van der Waals surface area contributed by atoms with Crippen LogP contribution in [0.15, 0.2) is 72.9 Å². The second-order valence-corrected chi connectivity index (χ2v) is 19.8. The Morgan fingerprint density at radius 3 is 1.44 bits per heavy atom. The van der Waals surface area contributed by atoms with Crippen molar-refractivity contribution in [2.75, 3.05) is 26.4 Å². The monoisotopic (exact) mass is 1010 g/mol. The van der Waals surface area contributed by atoms with Gasteiger partial charge in [0, 0.05) is 13.0 Å². The molecular weight excluding hydrogens is 909 g/mol.